The summed E-state index contributed by atoms with van der Waals surface area (Å²) in [5.41, 5.74) is 2.89. The first kappa shape index (κ1) is 24.2. The summed E-state index contributed by atoms with van der Waals surface area (Å²) in [7, 11) is 0. The smallest absolute Gasteiger partial charge is 0.319 e. The number of rotatable bonds is 7. The lowest BCUT2D eigenvalue weighted by molar-refractivity contribution is 0.0506. The molecule has 0 saturated carbocycles. The third kappa shape index (κ3) is 5.18. The zero-order valence-electron chi connectivity index (χ0n) is 20.0. The first-order valence-corrected chi connectivity index (χ1v) is 12.7. The number of hydrogen-bond acceptors (Lipinski definition) is 8. The minimum atomic E-state index is -0.992. The fraction of sp³-hybridized carbons (Fsp3) is 0.296. The maximum absolute atomic E-state index is 13.2. The lowest BCUT2D eigenvalue weighted by Crippen LogP contribution is -2.49. The number of amides is 1. The number of thiophene rings is 1. The van der Waals surface area contributed by atoms with Gasteiger partial charge in [0, 0.05) is 36.6 Å². The number of fused-ring (bicyclic) bond motifs is 1. The molecule has 2 aromatic carbocycles. The van der Waals surface area contributed by atoms with Gasteiger partial charge in [-0.1, -0.05) is 42.5 Å². The van der Waals surface area contributed by atoms with Crippen molar-refractivity contribution in [1.29, 1.82) is 0 Å². The standard InChI is InChI=1S/C27H28N4O4S/c1-18-15-23-24(28-27(29-25(23)36-18)35-17-22(33)16-32)30-11-13-31(14-12-30)26(34)21-9-7-20(8-10-21)19-5-3-2-4-6-19/h2-10,15,22,32-33H,11-14,16-17H2,1H3. The van der Waals surface area contributed by atoms with Gasteiger partial charge in [0.2, 0.25) is 0 Å². The first-order valence-electron chi connectivity index (χ1n) is 11.9. The van der Waals surface area contributed by atoms with Gasteiger partial charge in [-0.3, -0.25) is 4.79 Å². The van der Waals surface area contributed by atoms with Crippen LogP contribution in [0.2, 0.25) is 0 Å². The number of benzene rings is 2. The Bertz CT molecular complexity index is 1340. The summed E-state index contributed by atoms with van der Waals surface area (Å²) in [4.78, 5) is 28.2. The number of ether oxygens (including phenoxy) is 1. The zero-order valence-corrected chi connectivity index (χ0v) is 20.8. The molecule has 3 heterocycles. The van der Waals surface area contributed by atoms with E-state index in [1.165, 1.54) is 0 Å². The molecule has 0 bridgehead atoms. The lowest BCUT2D eigenvalue weighted by atomic mass is 10.0. The molecular formula is C27H28N4O4S. The van der Waals surface area contributed by atoms with Crippen molar-refractivity contribution in [2.75, 3.05) is 44.3 Å². The van der Waals surface area contributed by atoms with Gasteiger partial charge in [0.25, 0.3) is 5.91 Å². The van der Waals surface area contributed by atoms with E-state index in [0.29, 0.717) is 31.7 Å². The number of aliphatic hydroxyl groups excluding tert-OH is 2. The number of carbonyl (C=O) groups is 1. The quantitative estimate of drug-likeness (QED) is 0.398. The summed E-state index contributed by atoms with van der Waals surface area (Å²) in [5.74, 6) is 0.785. The zero-order chi connectivity index (χ0) is 25.1. The van der Waals surface area contributed by atoms with Gasteiger partial charge >= 0.3 is 6.01 Å². The van der Waals surface area contributed by atoms with Crippen LogP contribution in [0.25, 0.3) is 21.3 Å². The van der Waals surface area contributed by atoms with Crippen LogP contribution in [0.1, 0.15) is 15.2 Å². The van der Waals surface area contributed by atoms with Crippen molar-refractivity contribution in [3.8, 4) is 17.1 Å². The molecule has 8 nitrogen and oxygen atoms in total. The van der Waals surface area contributed by atoms with Crippen molar-refractivity contribution in [1.82, 2.24) is 14.9 Å². The summed E-state index contributed by atoms with van der Waals surface area (Å²) in [6.07, 6.45) is -0.992. The molecule has 4 aromatic rings. The largest absolute Gasteiger partial charge is 0.461 e. The van der Waals surface area contributed by atoms with Gasteiger partial charge < -0.3 is 24.7 Å². The van der Waals surface area contributed by atoms with Crippen LogP contribution in [0, 0.1) is 6.92 Å². The molecule has 9 heteroatoms. The Morgan fingerprint density at radius 3 is 2.42 bits per heavy atom. The summed E-state index contributed by atoms with van der Waals surface area (Å²) >= 11 is 1.55. The molecule has 186 valence electrons. The van der Waals surface area contributed by atoms with Crippen molar-refractivity contribution in [3.05, 3.63) is 71.1 Å². The average molecular weight is 505 g/mol. The maximum Gasteiger partial charge on any atom is 0.319 e. The number of piperazine rings is 1. The van der Waals surface area contributed by atoms with Crippen molar-refractivity contribution in [2.45, 2.75) is 13.0 Å². The molecule has 1 aliphatic rings. The Labute approximate surface area is 213 Å². The van der Waals surface area contributed by atoms with Gasteiger partial charge in [-0.25, -0.2) is 0 Å². The molecular weight excluding hydrogens is 476 g/mol. The normalized spacial score (nSPS) is 14.8. The number of nitrogens with zero attached hydrogens (tertiary/aromatic N) is 4. The first-order chi connectivity index (χ1) is 17.5. The maximum atomic E-state index is 13.2. The van der Waals surface area contributed by atoms with E-state index in [0.717, 1.165) is 32.0 Å². The van der Waals surface area contributed by atoms with Crippen LogP contribution >= 0.6 is 11.3 Å². The fourth-order valence-electron chi connectivity index (χ4n) is 4.28. The molecule has 1 fully saturated rings. The number of anilines is 1. The Balaban J connectivity index is 1.28. The molecule has 36 heavy (non-hydrogen) atoms. The molecule has 1 amide bonds. The molecule has 2 aromatic heterocycles. The van der Waals surface area contributed by atoms with Gasteiger partial charge in [-0.15, -0.1) is 11.3 Å². The summed E-state index contributed by atoms with van der Waals surface area (Å²) < 4.78 is 5.55. The van der Waals surface area contributed by atoms with Gasteiger partial charge in [0.05, 0.1) is 12.0 Å². The van der Waals surface area contributed by atoms with Crippen molar-refractivity contribution >= 4 is 33.3 Å². The lowest BCUT2D eigenvalue weighted by Gasteiger charge is -2.35. The van der Waals surface area contributed by atoms with Crippen LogP contribution < -0.4 is 9.64 Å². The van der Waals surface area contributed by atoms with Gasteiger partial charge in [-0.05, 0) is 36.2 Å². The van der Waals surface area contributed by atoms with E-state index in [-0.39, 0.29) is 18.5 Å². The van der Waals surface area contributed by atoms with Crippen molar-refractivity contribution in [3.63, 3.8) is 0 Å². The van der Waals surface area contributed by atoms with Gasteiger partial charge in [-0.2, -0.15) is 9.97 Å². The molecule has 5 rings (SSSR count). The van der Waals surface area contributed by atoms with Crippen LogP contribution in [0.4, 0.5) is 5.82 Å². The average Bonchev–Trinajstić information content (AvgIpc) is 3.31. The van der Waals surface area contributed by atoms with E-state index in [2.05, 4.69) is 33.1 Å². The summed E-state index contributed by atoms with van der Waals surface area (Å²) in [5, 5.41) is 19.6. The Hall–Kier alpha value is -3.53. The summed E-state index contributed by atoms with van der Waals surface area (Å²) in [6, 6.07) is 20.1. The number of aryl methyl sites for hydroxylation is 1. The van der Waals surface area contributed by atoms with Crippen LogP contribution in [-0.4, -0.2) is 76.5 Å². The van der Waals surface area contributed by atoms with E-state index in [1.807, 2.05) is 54.3 Å². The minimum absolute atomic E-state index is 0.0236. The SMILES string of the molecule is Cc1cc2c(N3CCN(C(=O)c4ccc(-c5ccccc5)cc4)CC3)nc(OCC(O)CO)nc2s1. The Morgan fingerprint density at radius 2 is 1.72 bits per heavy atom. The second-order valence-corrected chi connectivity index (χ2v) is 10.0. The van der Waals surface area contributed by atoms with E-state index in [4.69, 9.17) is 9.84 Å². The molecule has 1 saturated heterocycles. The molecule has 1 aliphatic heterocycles. The van der Waals surface area contributed by atoms with E-state index >= 15 is 0 Å². The molecule has 0 aliphatic carbocycles. The van der Waals surface area contributed by atoms with E-state index in [9.17, 15) is 9.90 Å². The molecule has 0 radical (unpaired) electrons. The fourth-order valence-corrected chi connectivity index (χ4v) is 5.14. The highest BCUT2D eigenvalue weighted by molar-refractivity contribution is 7.18. The highest BCUT2D eigenvalue weighted by Crippen LogP contribution is 2.33. The number of hydrogen-bond donors (Lipinski definition) is 2. The third-order valence-corrected chi connectivity index (χ3v) is 7.14. The highest BCUT2D eigenvalue weighted by Gasteiger charge is 2.25. The van der Waals surface area contributed by atoms with Gasteiger partial charge in [0.1, 0.15) is 23.4 Å². The van der Waals surface area contributed by atoms with E-state index in [1.54, 1.807) is 11.3 Å². The Kier molecular flexibility index (Phi) is 7.13. The number of aromatic nitrogens is 2. The molecule has 1 atom stereocenters. The van der Waals surface area contributed by atoms with Crippen LogP contribution in [-0.2, 0) is 0 Å². The topological polar surface area (TPSA) is 99.0 Å². The van der Waals surface area contributed by atoms with Crippen LogP contribution in [0.3, 0.4) is 0 Å². The minimum Gasteiger partial charge on any atom is -0.461 e. The van der Waals surface area contributed by atoms with Crippen LogP contribution in [0.15, 0.2) is 60.7 Å². The monoisotopic (exact) mass is 504 g/mol. The van der Waals surface area contributed by atoms with Gasteiger partial charge in [0.15, 0.2) is 0 Å². The number of carbonyl (C=O) groups excluding carboxylic acids is 1. The number of aliphatic hydroxyl groups is 2. The Morgan fingerprint density at radius 1 is 1.03 bits per heavy atom. The van der Waals surface area contributed by atoms with E-state index < -0.39 is 12.7 Å². The second-order valence-electron chi connectivity index (χ2n) is 8.78. The molecule has 1 unspecified atom stereocenters. The van der Waals surface area contributed by atoms with Crippen molar-refractivity contribution < 1.29 is 19.7 Å². The van der Waals surface area contributed by atoms with Crippen molar-refractivity contribution in [2.24, 2.45) is 0 Å². The van der Waals surface area contributed by atoms with Crippen LogP contribution in [0.5, 0.6) is 6.01 Å². The predicted octanol–water partition coefficient (Wildman–Crippen LogP) is 3.36. The predicted molar refractivity (Wildman–Crippen MR) is 141 cm³/mol. The third-order valence-electron chi connectivity index (χ3n) is 6.20. The highest BCUT2D eigenvalue weighted by atomic mass is 32.1. The summed E-state index contributed by atoms with van der Waals surface area (Å²) in [6.45, 7) is 3.96. The molecule has 2 N–H and O–H groups in total. The second kappa shape index (κ2) is 10.6. The molecule has 0 spiro atoms.